The molecule has 2 saturated heterocycles. The molecule has 9 heteroatoms. The molecule has 0 saturated carbocycles. The van der Waals surface area contributed by atoms with E-state index in [4.69, 9.17) is 19.2 Å². The van der Waals surface area contributed by atoms with E-state index in [2.05, 4.69) is 4.98 Å². The van der Waals surface area contributed by atoms with E-state index >= 15 is 0 Å². The lowest BCUT2D eigenvalue weighted by atomic mass is 9.86. The van der Waals surface area contributed by atoms with E-state index in [9.17, 15) is 13.6 Å². The number of hydrogen-bond acceptors (Lipinski definition) is 6. The van der Waals surface area contributed by atoms with Crippen molar-refractivity contribution in [2.75, 3.05) is 19.8 Å². The van der Waals surface area contributed by atoms with Crippen LogP contribution in [-0.2, 0) is 27.4 Å². The molecule has 3 aliphatic rings. The summed E-state index contributed by atoms with van der Waals surface area (Å²) < 4.78 is 46.8. The fraction of sp³-hybridized carbons (Fsp3) is 0.458. The van der Waals surface area contributed by atoms with Crippen molar-refractivity contribution in [3.8, 4) is 11.4 Å². The Bertz CT molecular complexity index is 1290. The molecule has 0 radical (unpaired) electrons. The smallest absolute Gasteiger partial charge is 0.265 e. The Morgan fingerprint density at radius 2 is 1.94 bits per heavy atom. The molecule has 3 atom stereocenters. The number of hydrogen-bond donors (Lipinski definition) is 0. The molecule has 5 heterocycles. The van der Waals surface area contributed by atoms with Crippen molar-refractivity contribution < 1.29 is 23.0 Å². The van der Waals surface area contributed by atoms with Crippen LogP contribution in [0.15, 0.2) is 29.1 Å². The van der Waals surface area contributed by atoms with Crippen LogP contribution in [0.25, 0.3) is 17.0 Å². The number of aromatic nitrogens is 3. The molecule has 3 unspecified atom stereocenters. The van der Waals surface area contributed by atoms with Crippen LogP contribution in [0.2, 0.25) is 0 Å². The standard InChI is InChI=1S/C24H23F2N3O4/c25-15-1-2-16(18(26)8-15)23-28-19(13-4-6-33-21(7-13)14-3-5-31-10-14)9-22-27-20-12-32-11-17(20)24(30)29(22)23/h1-2,8-9,13-14,21H,3-7,10-12H2. The first-order chi connectivity index (χ1) is 16.1. The Labute approximate surface area is 188 Å². The first-order valence-corrected chi connectivity index (χ1v) is 11.3. The average Bonchev–Trinajstić information content (AvgIpc) is 3.51. The lowest BCUT2D eigenvalue weighted by Crippen LogP contribution is -2.32. The molecule has 0 bridgehead atoms. The SMILES string of the molecule is O=c1c2c(nc3cc(C4CCOC(C5CCOC5)C4)nc(-c4ccc(F)cc4F)n13)COC2. The first kappa shape index (κ1) is 20.8. The second kappa shape index (κ2) is 8.23. The van der Waals surface area contributed by atoms with Gasteiger partial charge in [0.05, 0.1) is 42.7 Å². The predicted octanol–water partition coefficient (Wildman–Crippen LogP) is 3.36. The molecule has 0 N–H and O–H groups in total. The Morgan fingerprint density at radius 1 is 1.03 bits per heavy atom. The third-order valence-corrected chi connectivity index (χ3v) is 6.89. The lowest BCUT2D eigenvalue weighted by Gasteiger charge is -2.32. The minimum Gasteiger partial charge on any atom is -0.381 e. The molecule has 2 fully saturated rings. The van der Waals surface area contributed by atoms with Gasteiger partial charge in [0.2, 0.25) is 0 Å². The molecule has 3 aromatic rings. The van der Waals surface area contributed by atoms with Gasteiger partial charge in [-0.05, 0) is 31.4 Å². The van der Waals surface area contributed by atoms with E-state index in [0.29, 0.717) is 36.0 Å². The maximum Gasteiger partial charge on any atom is 0.265 e. The largest absolute Gasteiger partial charge is 0.381 e. The van der Waals surface area contributed by atoms with Crippen LogP contribution in [-0.4, -0.2) is 40.3 Å². The fourth-order valence-corrected chi connectivity index (χ4v) is 5.10. The van der Waals surface area contributed by atoms with E-state index in [1.165, 1.54) is 10.5 Å². The van der Waals surface area contributed by atoms with E-state index < -0.39 is 11.6 Å². The number of halogens is 2. The molecule has 6 rings (SSSR count). The van der Waals surface area contributed by atoms with Crippen LogP contribution in [0.1, 0.15) is 42.1 Å². The van der Waals surface area contributed by atoms with Gasteiger partial charge < -0.3 is 14.2 Å². The molecule has 1 aromatic carbocycles. The highest BCUT2D eigenvalue weighted by Crippen LogP contribution is 2.36. The second-order valence-electron chi connectivity index (χ2n) is 8.91. The topological polar surface area (TPSA) is 75.0 Å². The molecule has 2 aromatic heterocycles. The Hall–Kier alpha value is -2.75. The van der Waals surface area contributed by atoms with Crippen molar-refractivity contribution in [1.29, 1.82) is 0 Å². The summed E-state index contributed by atoms with van der Waals surface area (Å²) >= 11 is 0. The summed E-state index contributed by atoms with van der Waals surface area (Å²) in [6, 6.07) is 5.09. The third-order valence-electron chi connectivity index (χ3n) is 6.89. The van der Waals surface area contributed by atoms with Crippen LogP contribution >= 0.6 is 0 Å². The van der Waals surface area contributed by atoms with Gasteiger partial charge in [-0.25, -0.2) is 23.1 Å². The van der Waals surface area contributed by atoms with Gasteiger partial charge in [-0.3, -0.25) is 4.79 Å². The molecule has 0 aliphatic carbocycles. The van der Waals surface area contributed by atoms with Crippen LogP contribution in [0.3, 0.4) is 0 Å². The van der Waals surface area contributed by atoms with Crippen LogP contribution in [0.4, 0.5) is 8.78 Å². The Balaban J connectivity index is 1.50. The predicted molar refractivity (Wildman–Crippen MR) is 114 cm³/mol. The minimum absolute atomic E-state index is 0.0545. The van der Waals surface area contributed by atoms with Crippen LogP contribution in [0.5, 0.6) is 0 Å². The Kier molecular flexibility index (Phi) is 5.20. The minimum atomic E-state index is -0.780. The van der Waals surface area contributed by atoms with E-state index in [1.54, 1.807) is 0 Å². The molecule has 7 nitrogen and oxygen atoms in total. The number of fused-ring (bicyclic) bond motifs is 2. The quantitative estimate of drug-likeness (QED) is 0.603. The van der Waals surface area contributed by atoms with Gasteiger partial charge in [-0.15, -0.1) is 0 Å². The van der Waals surface area contributed by atoms with Gasteiger partial charge in [0.25, 0.3) is 5.56 Å². The third kappa shape index (κ3) is 3.64. The zero-order chi connectivity index (χ0) is 22.5. The number of nitrogens with zero attached hydrogens (tertiary/aromatic N) is 3. The van der Waals surface area contributed by atoms with Crippen molar-refractivity contribution in [1.82, 2.24) is 14.4 Å². The maximum absolute atomic E-state index is 14.8. The van der Waals surface area contributed by atoms with Gasteiger partial charge in [-0.1, -0.05) is 0 Å². The fourth-order valence-electron chi connectivity index (χ4n) is 5.10. The van der Waals surface area contributed by atoms with Crippen molar-refractivity contribution >= 4 is 5.65 Å². The summed E-state index contributed by atoms with van der Waals surface area (Å²) in [6.07, 6.45) is 2.56. The summed E-state index contributed by atoms with van der Waals surface area (Å²) in [5.41, 5.74) is 1.87. The average molecular weight is 455 g/mol. The summed E-state index contributed by atoms with van der Waals surface area (Å²) in [5.74, 6) is -0.930. The van der Waals surface area contributed by atoms with Crippen LogP contribution in [0, 0.1) is 17.6 Å². The van der Waals surface area contributed by atoms with E-state index in [-0.39, 0.29) is 42.2 Å². The van der Waals surface area contributed by atoms with Crippen LogP contribution < -0.4 is 5.56 Å². The van der Waals surface area contributed by atoms with Crippen molar-refractivity contribution in [2.45, 2.75) is 44.5 Å². The highest BCUT2D eigenvalue weighted by atomic mass is 19.1. The van der Waals surface area contributed by atoms with Crippen molar-refractivity contribution in [3.05, 3.63) is 63.2 Å². The number of ether oxygens (including phenoxy) is 3. The van der Waals surface area contributed by atoms with Gasteiger partial charge in [0.15, 0.2) is 5.82 Å². The zero-order valence-electron chi connectivity index (χ0n) is 17.9. The lowest BCUT2D eigenvalue weighted by molar-refractivity contribution is -0.0310. The van der Waals surface area contributed by atoms with Crippen molar-refractivity contribution in [3.63, 3.8) is 0 Å². The molecule has 33 heavy (non-hydrogen) atoms. The second-order valence-corrected chi connectivity index (χ2v) is 8.91. The maximum atomic E-state index is 14.8. The Morgan fingerprint density at radius 3 is 2.76 bits per heavy atom. The molecule has 0 spiro atoms. The normalized spacial score (nSPS) is 25.0. The number of rotatable bonds is 3. The zero-order valence-corrected chi connectivity index (χ0v) is 17.9. The molecule has 172 valence electrons. The summed E-state index contributed by atoms with van der Waals surface area (Å²) in [4.78, 5) is 22.7. The molecular weight excluding hydrogens is 432 g/mol. The molecular formula is C24H23F2N3O4. The number of benzene rings is 1. The monoisotopic (exact) mass is 455 g/mol. The van der Waals surface area contributed by atoms with Gasteiger partial charge in [0.1, 0.15) is 17.3 Å². The molecule has 0 amide bonds. The first-order valence-electron chi connectivity index (χ1n) is 11.3. The summed E-state index contributed by atoms with van der Waals surface area (Å²) in [5, 5.41) is 0. The highest BCUT2D eigenvalue weighted by molar-refractivity contribution is 5.61. The van der Waals surface area contributed by atoms with E-state index in [0.717, 1.165) is 43.7 Å². The van der Waals surface area contributed by atoms with Gasteiger partial charge in [-0.2, -0.15) is 0 Å². The van der Waals surface area contributed by atoms with Crippen molar-refractivity contribution in [2.24, 2.45) is 5.92 Å². The summed E-state index contributed by atoms with van der Waals surface area (Å²) in [7, 11) is 0. The highest BCUT2D eigenvalue weighted by Gasteiger charge is 2.34. The van der Waals surface area contributed by atoms with Gasteiger partial charge in [0, 0.05) is 42.9 Å². The molecule has 3 aliphatic heterocycles. The van der Waals surface area contributed by atoms with Gasteiger partial charge >= 0.3 is 0 Å². The van der Waals surface area contributed by atoms with E-state index in [1.807, 2.05) is 6.07 Å². The summed E-state index contributed by atoms with van der Waals surface area (Å²) in [6.45, 7) is 2.45.